The number of ketones is 1. The van der Waals surface area contributed by atoms with Crippen molar-refractivity contribution in [3.8, 4) is 17.2 Å². The van der Waals surface area contributed by atoms with E-state index in [1.54, 1.807) is 50.8 Å². The molecule has 0 bridgehead atoms. The summed E-state index contributed by atoms with van der Waals surface area (Å²) in [7, 11) is 4.67. The van der Waals surface area contributed by atoms with Crippen LogP contribution in [0.15, 0.2) is 47.9 Å². The van der Waals surface area contributed by atoms with Crippen LogP contribution in [0.25, 0.3) is 0 Å². The molecule has 4 rings (SSSR count). The lowest BCUT2D eigenvalue weighted by Gasteiger charge is -2.38. The molecule has 1 aliphatic heterocycles. The van der Waals surface area contributed by atoms with Crippen molar-refractivity contribution in [2.75, 3.05) is 26.2 Å². The number of ether oxygens (including phenoxy) is 3. The van der Waals surface area contributed by atoms with Crippen molar-refractivity contribution < 1.29 is 23.8 Å². The maximum absolute atomic E-state index is 13.3. The van der Waals surface area contributed by atoms with E-state index in [4.69, 9.17) is 14.2 Å². The van der Waals surface area contributed by atoms with Crippen molar-refractivity contribution in [2.24, 2.45) is 0 Å². The number of allylic oxidation sites excluding steroid dienone is 2. The summed E-state index contributed by atoms with van der Waals surface area (Å²) in [6, 6.07) is 7.17. The van der Waals surface area contributed by atoms with Gasteiger partial charge in [0, 0.05) is 47.9 Å². The van der Waals surface area contributed by atoms with Crippen LogP contribution in [-0.2, 0) is 9.59 Å². The third-order valence-electron chi connectivity index (χ3n) is 5.69. The summed E-state index contributed by atoms with van der Waals surface area (Å²) >= 11 is 0. The molecule has 0 radical (unpaired) electrons. The molecular formula is C23H24N2O5. The van der Waals surface area contributed by atoms with Crippen LogP contribution in [0.1, 0.15) is 37.2 Å². The minimum Gasteiger partial charge on any atom is -0.496 e. The second kappa shape index (κ2) is 8.18. The van der Waals surface area contributed by atoms with Gasteiger partial charge in [-0.05, 0) is 31.0 Å². The van der Waals surface area contributed by atoms with Crippen LogP contribution in [0.5, 0.6) is 17.2 Å². The largest absolute Gasteiger partial charge is 0.496 e. The summed E-state index contributed by atoms with van der Waals surface area (Å²) in [6.07, 6.45) is 5.33. The van der Waals surface area contributed by atoms with E-state index in [0.29, 0.717) is 41.4 Å². The Labute approximate surface area is 175 Å². The molecule has 0 unspecified atom stereocenters. The fourth-order valence-electron chi connectivity index (χ4n) is 4.37. The minimum absolute atomic E-state index is 0.0690. The molecular weight excluding hydrogens is 384 g/mol. The van der Waals surface area contributed by atoms with Crippen molar-refractivity contribution in [2.45, 2.75) is 31.6 Å². The van der Waals surface area contributed by atoms with Gasteiger partial charge in [0.2, 0.25) is 5.91 Å². The highest BCUT2D eigenvalue weighted by atomic mass is 16.5. The van der Waals surface area contributed by atoms with Gasteiger partial charge in [-0.2, -0.15) is 0 Å². The number of pyridine rings is 1. The molecule has 0 N–H and O–H groups in total. The number of nitrogens with zero attached hydrogens (tertiary/aromatic N) is 2. The molecule has 30 heavy (non-hydrogen) atoms. The standard InChI is InChI=1S/C23H24N2O5/c1-28-19-12-21(30-3)20(29-2)10-15(19)16-11-22(27)25(14-6-5-9-24-13-14)17-7-4-8-18(26)23(16)17/h5-6,9-10,12-13,16H,4,7-8,11H2,1-3H3/t16-/m0/s1. The number of aromatic nitrogens is 1. The zero-order valence-corrected chi connectivity index (χ0v) is 17.3. The van der Waals surface area contributed by atoms with Crippen molar-refractivity contribution in [1.82, 2.24) is 4.98 Å². The van der Waals surface area contributed by atoms with Gasteiger partial charge in [0.1, 0.15) is 5.75 Å². The summed E-state index contributed by atoms with van der Waals surface area (Å²) in [4.78, 5) is 32.1. The van der Waals surface area contributed by atoms with Gasteiger partial charge in [0.25, 0.3) is 0 Å². The Hall–Kier alpha value is -3.35. The second-order valence-electron chi connectivity index (χ2n) is 7.28. The molecule has 1 aliphatic carbocycles. The molecule has 1 atom stereocenters. The molecule has 7 heteroatoms. The summed E-state index contributed by atoms with van der Waals surface area (Å²) < 4.78 is 16.4. The number of carbonyl (C=O) groups excluding carboxylic acids is 2. The summed E-state index contributed by atoms with van der Waals surface area (Å²) in [6.45, 7) is 0. The van der Waals surface area contributed by atoms with Crippen molar-refractivity contribution in [3.63, 3.8) is 0 Å². The zero-order valence-electron chi connectivity index (χ0n) is 17.3. The Morgan fingerprint density at radius 3 is 2.40 bits per heavy atom. The van der Waals surface area contributed by atoms with E-state index >= 15 is 0 Å². The number of rotatable bonds is 5. The fourth-order valence-corrected chi connectivity index (χ4v) is 4.37. The van der Waals surface area contributed by atoms with Gasteiger partial charge < -0.3 is 14.2 Å². The third kappa shape index (κ3) is 3.30. The Morgan fingerprint density at radius 1 is 1.00 bits per heavy atom. The van der Waals surface area contributed by atoms with Gasteiger partial charge in [-0.15, -0.1) is 0 Å². The molecule has 1 aromatic carbocycles. The highest BCUT2D eigenvalue weighted by Gasteiger charge is 2.41. The van der Waals surface area contributed by atoms with E-state index in [0.717, 1.165) is 17.7 Å². The second-order valence-corrected chi connectivity index (χ2v) is 7.28. The average molecular weight is 408 g/mol. The van der Waals surface area contributed by atoms with Crippen LogP contribution < -0.4 is 19.1 Å². The number of benzene rings is 1. The van der Waals surface area contributed by atoms with Gasteiger partial charge >= 0.3 is 0 Å². The maximum atomic E-state index is 13.3. The smallest absolute Gasteiger partial charge is 0.232 e. The molecule has 1 amide bonds. The van der Waals surface area contributed by atoms with Crippen LogP contribution in [-0.4, -0.2) is 38.0 Å². The number of hydrogen-bond acceptors (Lipinski definition) is 6. The molecule has 1 aromatic heterocycles. The van der Waals surface area contributed by atoms with Gasteiger partial charge in [0.05, 0.1) is 33.2 Å². The molecule has 2 aromatic rings. The summed E-state index contributed by atoms with van der Waals surface area (Å²) in [5, 5.41) is 0. The van der Waals surface area contributed by atoms with Crippen molar-refractivity contribution >= 4 is 17.4 Å². The lowest BCUT2D eigenvalue weighted by atomic mass is 9.76. The predicted molar refractivity (Wildman–Crippen MR) is 111 cm³/mol. The third-order valence-corrected chi connectivity index (χ3v) is 5.69. The molecule has 0 fully saturated rings. The van der Waals surface area contributed by atoms with Crippen LogP contribution in [0.2, 0.25) is 0 Å². The quantitative estimate of drug-likeness (QED) is 0.752. The Morgan fingerprint density at radius 2 is 1.73 bits per heavy atom. The van der Waals surface area contributed by atoms with Gasteiger partial charge in [0.15, 0.2) is 17.3 Å². The first-order chi connectivity index (χ1) is 14.6. The highest BCUT2D eigenvalue weighted by molar-refractivity contribution is 6.07. The van der Waals surface area contributed by atoms with E-state index in [2.05, 4.69) is 4.98 Å². The van der Waals surface area contributed by atoms with E-state index in [-0.39, 0.29) is 18.1 Å². The first kappa shape index (κ1) is 19.9. The summed E-state index contributed by atoms with van der Waals surface area (Å²) in [5.74, 6) is 1.22. The molecule has 0 spiro atoms. The number of methoxy groups -OCH3 is 3. The number of anilines is 1. The Kier molecular flexibility index (Phi) is 5.44. The Balaban J connectivity index is 1.90. The molecule has 156 valence electrons. The fraction of sp³-hybridized carbons (Fsp3) is 0.348. The monoisotopic (exact) mass is 408 g/mol. The van der Waals surface area contributed by atoms with Crippen LogP contribution in [0, 0.1) is 0 Å². The maximum Gasteiger partial charge on any atom is 0.232 e. The SMILES string of the molecule is COc1cc(OC)c([C@@H]2CC(=O)N(c3cccnc3)C3=C2C(=O)CCC3)cc1OC. The number of Topliss-reactive ketones (excluding diaryl/α,β-unsaturated/α-hetero) is 1. The molecule has 2 heterocycles. The highest BCUT2D eigenvalue weighted by Crippen LogP contribution is 2.47. The van der Waals surface area contributed by atoms with Gasteiger partial charge in [-0.3, -0.25) is 19.5 Å². The zero-order chi connectivity index (χ0) is 21.3. The normalized spacial score (nSPS) is 18.9. The van der Waals surface area contributed by atoms with E-state index in [1.807, 2.05) is 12.1 Å². The van der Waals surface area contributed by atoms with Crippen molar-refractivity contribution in [1.29, 1.82) is 0 Å². The minimum atomic E-state index is -0.400. The van der Waals surface area contributed by atoms with E-state index < -0.39 is 5.92 Å². The first-order valence-electron chi connectivity index (χ1n) is 9.88. The van der Waals surface area contributed by atoms with Crippen LogP contribution >= 0.6 is 0 Å². The van der Waals surface area contributed by atoms with E-state index in [1.165, 1.54) is 0 Å². The number of amides is 1. The lowest BCUT2D eigenvalue weighted by Crippen LogP contribution is -2.40. The van der Waals surface area contributed by atoms with Crippen LogP contribution in [0.3, 0.4) is 0 Å². The van der Waals surface area contributed by atoms with E-state index in [9.17, 15) is 9.59 Å². The number of carbonyl (C=O) groups is 2. The molecule has 2 aliphatic rings. The lowest BCUT2D eigenvalue weighted by molar-refractivity contribution is -0.119. The number of hydrogen-bond donors (Lipinski definition) is 0. The van der Waals surface area contributed by atoms with Crippen molar-refractivity contribution in [3.05, 3.63) is 53.5 Å². The molecule has 7 nitrogen and oxygen atoms in total. The average Bonchev–Trinajstić information content (AvgIpc) is 2.78. The van der Waals surface area contributed by atoms with Crippen LogP contribution in [0.4, 0.5) is 5.69 Å². The molecule has 0 saturated heterocycles. The first-order valence-corrected chi connectivity index (χ1v) is 9.88. The molecule has 0 saturated carbocycles. The Bertz CT molecular complexity index is 1020. The van der Waals surface area contributed by atoms with Gasteiger partial charge in [-0.1, -0.05) is 0 Å². The predicted octanol–water partition coefficient (Wildman–Crippen LogP) is 3.64. The summed E-state index contributed by atoms with van der Waals surface area (Å²) in [5.41, 5.74) is 2.87. The van der Waals surface area contributed by atoms with Gasteiger partial charge in [-0.25, -0.2) is 0 Å². The topological polar surface area (TPSA) is 78.0 Å².